The van der Waals surface area contributed by atoms with E-state index in [2.05, 4.69) is 9.97 Å². The monoisotopic (exact) mass is 233 g/mol. The van der Waals surface area contributed by atoms with Crippen molar-refractivity contribution in [3.05, 3.63) is 47.5 Å². The first kappa shape index (κ1) is 11.0. The Hall–Kier alpha value is -1.45. The molecule has 0 fully saturated rings. The van der Waals surface area contributed by atoms with Gasteiger partial charge in [-0.1, -0.05) is 29.8 Å². The zero-order valence-electron chi connectivity index (χ0n) is 8.89. The molecule has 0 saturated heterocycles. The highest BCUT2D eigenvalue weighted by Crippen LogP contribution is 2.26. The molecule has 1 atom stereocenters. The molecule has 2 N–H and O–H groups in total. The van der Waals surface area contributed by atoms with Gasteiger partial charge < -0.3 is 5.73 Å². The normalized spacial score (nSPS) is 12.4. The van der Waals surface area contributed by atoms with Crippen LogP contribution in [-0.4, -0.2) is 9.97 Å². The summed E-state index contributed by atoms with van der Waals surface area (Å²) < 4.78 is 0. The Balaban J connectivity index is 2.39. The molecule has 3 nitrogen and oxygen atoms in total. The van der Waals surface area contributed by atoms with Crippen LogP contribution in [0.2, 0.25) is 5.02 Å². The minimum atomic E-state index is -0.153. The van der Waals surface area contributed by atoms with E-state index in [0.717, 1.165) is 11.1 Å². The third kappa shape index (κ3) is 2.21. The zero-order valence-corrected chi connectivity index (χ0v) is 9.65. The topological polar surface area (TPSA) is 51.8 Å². The fourth-order valence-corrected chi connectivity index (χ4v) is 1.65. The maximum Gasteiger partial charge on any atom is 0.144 e. The van der Waals surface area contributed by atoms with E-state index >= 15 is 0 Å². The van der Waals surface area contributed by atoms with Gasteiger partial charge in [0.1, 0.15) is 5.82 Å². The molecule has 1 aromatic carbocycles. The van der Waals surface area contributed by atoms with Crippen LogP contribution in [0, 0.1) is 0 Å². The quantitative estimate of drug-likeness (QED) is 0.868. The number of nitrogens with two attached hydrogens (primary N) is 1. The molecular formula is C12H12ClN3. The lowest BCUT2D eigenvalue weighted by molar-refractivity contribution is 0.739. The summed E-state index contributed by atoms with van der Waals surface area (Å²) >= 11 is 6.08. The summed E-state index contributed by atoms with van der Waals surface area (Å²) in [5, 5.41) is 0.694. The number of rotatable bonds is 2. The van der Waals surface area contributed by atoms with Crippen LogP contribution in [0.5, 0.6) is 0 Å². The van der Waals surface area contributed by atoms with Gasteiger partial charge in [-0.2, -0.15) is 0 Å². The van der Waals surface area contributed by atoms with Gasteiger partial charge >= 0.3 is 0 Å². The van der Waals surface area contributed by atoms with Crippen LogP contribution in [0.4, 0.5) is 0 Å². The molecule has 0 saturated carbocycles. The molecule has 0 aliphatic rings. The van der Waals surface area contributed by atoms with Crippen LogP contribution in [0.1, 0.15) is 18.8 Å². The van der Waals surface area contributed by atoms with Gasteiger partial charge in [0.25, 0.3) is 0 Å². The van der Waals surface area contributed by atoms with E-state index in [4.69, 9.17) is 17.3 Å². The smallest absolute Gasteiger partial charge is 0.144 e. The van der Waals surface area contributed by atoms with Crippen molar-refractivity contribution in [3.8, 4) is 11.1 Å². The van der Waals surface area contributed by atoms with Crippen molar-refractivity contribution in [2.75, 3.05) is 0 Å². The SMILES string of the molecule is CC(N)c1ncc(-c2ccccc2Cl)cn1. The predicted octanol–water partition coefficient (Wildman–Crippen LogP) is 2.82. The van der Waals surface area contributed by atoms with Gasteiger partial charge in [-0.05, 0) is 13.0 Å². The third-order valence-corrected chi connectivity index (χ3v) is 2.59. The molecular weight excluding hydrogens is 222 g/mol. The molecule has 16 heavy (non-hydrogen) atoms. The first-order valence-electron chi connectivity index (χ1n) is 5.01. The van der Waals surface area contributed by atoms with Crippen molar-refractivity contribution in [3.63, 3.8) is 0 Å². The Morgan fingerprint density at radius 2 is 1.81 bits per heavy atom. The summed E-state index contributed by atoms with van der Waals surface area (Å²) in [5.74, 6) is 0.635. The number of halogens is 1. The average Bonchev–Trinajstić information content (AvgIpc) is 2.30. The molecule has 4 heteroatoms. The number of hydrogen-bond acceptors (Lipinski definition) is 3. The van der Waals surface area contributed by atoms with Crippen molar-refractivity contribution in [2.24, 2.45) is 5.73 Å². The first-order chi connectivity index (χ1) is 7.68. The van der Waals surface area contributed by atoms with Crippen LogP contribution >= 0.6 is 11.6 Å². The second-order valence-electron chi connectivity index (χ2n) is 3.60. The lowest BCUT2D eigenvalue weighted by atomic mass is 10.1. The summed E-state index contributed by atoms with van der Waals surface area (Å²) in [6.07, 6.45) is 3.49. The highest BCUT2D eigenvalue weighted by Gasteiger charge is 2.06. The molecule has 0 bridgehead atoms. The van der Waals surface area contributed by atoms with E-state index in [-0.39, 0.29) is 6.04 Å². The van der Waals surface area contributed by atoms with E-state index < -0.39 is 0 Å². The van der Waals surface area contributed by atoms with Gasteiger partial charge in [0, 0.05) is 28.5 Å². The molecule has 0 spiro atoms. The maximum absolute atomic E-state index is 6.08. The standard InChI is InChI=1S/C12H12ClN3/c1-8(14)12-15-6-9(7-16-12)10-4-2-3-5-11(10)13/h2-8H,14H2,1H3. The number of nitrogens with zero attached hydrogens (tertiary/aromatic N) is 2. The summed E-state index contributed by atoms with van der Waals surface area (Å²) in [4.78, 5) is 8.40. The molecule has 0 radical (unpaired) electrons. The van der Waals surface area contributed by atoms with Crippen molar-refractivity contribution in [1.82, 2.24) is 9.97 Å². The molecule has 0 amide bonds. The number of hydrogen-bond donors (Lipinski definition) is 1. The molecule has 2 rings (SSSR count). The summed E-state index contributed by atoms with van der Waals surface area (Å²) in [5.41, 5.74) is 7.51. The summed E-state index contributed by atoms with van der Waals surface area (Å²) in [6, 6.07) is 7.45. The van der Waals surface area contributed by atoms with Gasteiger partial charge in [-0.25, -0.2) is 9.97 Å². The van der Waals surface area contributed by atoms with E-state index in [1.54, 1.807) is 12.4 Å². The van der Waals surface area contributed by atoms with E-state index in [1.165, 1.54) is 0 Å². The lowest BCUT2D eigenvalue weighted by Gasteiger charge is -2.06. The second kappa shape index (κ2) is 4.60. The molecule has 0 aliphatic heterocycles. The molecule has 1 unspecified atom stereocenters. The Kier molecular flexibility index (Phi) is 3.17. The molecule has 2 aromatic rings. The highest BCUT2D eigenvalue weighted by molar-refractivity contribution is 6.33. The van der Waals surface area contributed by atoms with Crippen molar-refractivity contribution >= 4 is 11.6 Å². The Morgan fingerprint density at radius 1 is 1.19 bits per heavy atom. The summed E-state index contributed by atoms with van der Waals surface area (Å²) in [7, 11) is 0. The van der Waals surface area contributed by atoms with Gasteiger partial charge in [-0.15, -0.1) is 0 Å². The number of benzene rings is 1. The van der Waals surface area contributed by atoms with Gasteiger partial charge in [0.2, 0.25) is 0 Å². The number of aromatic nitrogens is 2. The molecule has 82 valence electrons. The molecule has 1 aromatic heterocycles. The fraction of sp³-hybridized carbons (Fsp3) is 0.167. The molecule has 1 heterocycles. The van der Waals surface area contributed by atoms with Gasteiger partial charge in [0.15, 0.2) is 0 Å². The zero-order chi connectivity index (χ0) is 11.5. The summed E-state index contributed by atoms with van der Waals surface area (Å²) in [6.45, 7) is 1.85. The Morgan fingerprint density at radius 3 is 2.38 bits per heavy atom. The molecule has 0 aliphatic carbocycles. The van der Waals surface area contributed by atoms with Crippen LogP contribution in [0.15, 0.2) is 36.7 Å². The van der Waals surface area contributed by atoms with Gasteiger partial charge in [-0.3, -0.25) is 0 Å². The minimum absolute atomic E-state index is 0.153. The van der Waals surface area contributed by atoms with Crippen LogP contribution < -0.4 is 5.73 Å². The predicted molar refractivity (Wildman–Crippen MR) is 65.1 cm³/mol. The average molecular weight is 234 g/mol. The van der Waals surface area contributed by atoms with Crippen molar-refractivity contribution in [1.29, 1.82) is 0 Å². The second-order valence-corrected chi connectivity index (χ2v) is 4.01. The van der Waals surface area contributed by atoms with E-state index in [1.807, 2.05) is 31.2 Å². The maximum atomic E-state index is 6.08. The van der Waals surface area contributed by atoms with E-state index in [9.17, 15) is 0 Å². The lowest BCUT2D eigenvalue weighted by Crippen LogP contribution is -2.09. The fourth-order valence-electron chi connectivity index (χ4n) is 1.41. The van der Waals surface area contributed by atoms with Crippen LogP contribution in [0.3, 0.4) is 0 Å². The Labute approximate surface area is 99.3 Å². The van der Waals surface area contributed by atoms with Crippen molar-refractivity contribution < 1.29 is 0 Å². The first-order valence-corrected chi connectivity index (χ1v) is 5.38. The van der Waals surface area contributed by atoms with E-state index in [0.29, 0.717) is 10.8 Å². The Bertz CT molecular complexity index is 480. The van der Waals surface area contributed by atoms with Crippen LogP contribution in [0.25, 0.3) is 11.1 Å². The third-order valence-electron chi connectivity index (χ3n) is 2.26. The van der Waals surface area contributed by atoms with Crippen LogP contribution in [-0.2, 0) is 0 Å². The van der Waals surface area contributed by atoms with Crippen molar-refractivity contribution in [2.45, 2.75) is 13.0 Å². The van der Waals surface area contributed by atoms with Gasteiger partial charge in [0.05, 0.1) is 6.04 Å². The minimum Gasteiger partial charge on any atom is -0.322 e. The highest BCUT2D eigenvalue weighted by atomic mass is 35.5. The largest absolute Gasteiger partial charge is 0.322 e.